The Bertz CT molecular complexity index is 1350. The summed E-state index contributed by atoms with van der Waals surface area (Å²) in [7, 11) is -3.42. The van der Waals surface area contributed by atoms with E-state index in [1.54, 1.807) is 17.8 Å². The van der Waals surface area contributed by atoms with Gasteiger partial charge in [-0.15, -0.1) is 0 Å². The molecule has 180 valence electrons. The Hall–Kier alpha value is -2.77. The van der Waals surface area contributed by atoms with Crippen LogP contribution in [0.4, 0.5) is 0 Å². The van der Waals surface area contributed by atoms with Crippen molar-refractivity contribution >= 4 is 10.0 Å². The third kappa shape index (κ3) is 5.15. The summed E-state index contributed by atoms with van der Waals surface area (Å²) in [5.41, 5.74) is 5.86. The van der Waals surface area contributed by atoms with Gasteiger partial charge in [0.2, 0.25) is 10.0 Å². The van der Waals surface area contributed by atoms with Crippen molar-refractivity contribution in [3.05, 3.63) is 87.6 Å². The molecular formula is C27H33N3O3S. The highest BCUT2D eigenvalue weighted by molar-refractivity contribution is 7.89. The van der Waals surface area contributed by atoms with E-state index in [1.165, 1.54) is 5.56 Å². The quantitative estimate of drug-likeness (QED) is 0.545. The SMILES string of the molecule is CCS(=O)(=O)N[C@H]1CCc2ncn(C(C)C)c(=O)c2[C@H]1Cc1cccc(-c2cccc(C)c2)c1. The molecule has 3 aromatic rings. The van der Waals surface area contributed by atoms with E-state index in [0.717, 1.165) is 22.4 Å². The van der Waals surface area contributed by atoms with Gasteiger partial charge in [-0.2, -0.15) is 0 Å². The molecule has 2 aromatic carbocycles. The molecule has 0 fully saturated rings. The lowest BCUT2D eigenvalue weighted by atomic mass is 9.78. The zero-order chi connectivity index (χ0) is 24.5. The van der Waals surface area contributed by atoms with Crippen LogP contribution in [0.2, 0.25) is 0 Å². The summed E-state index contributed by atoms with van der Waals surface area (Å²) in [5.74, 6) is -0.279. The Morgan fingerprint density at radius 1 is 1.12 bits per heavy atom. The van der Waals surface area contributed by atoms with E-state index < -0.39 is 10.0 Å². The molecule has 0 spiro atoms. The van der Waals surface area contributed by atoms with Gasteiger partial charge >= 0.3 is 0 Å². The van der Waals surface area contributed by atoms with E-state index >= 15 is 0 Å². The number of benzene rings is 2. The molecule has 1 aliphatic rings. The summed E-state index contributed by atoms with van der Waals surface area (Å²) in [4.78, 5) is 18.1. The molecule has 1 heterocycles. The first-order valence-electron chi connectivity index (χ1n) is 11.9. The maximum atomic E-state index is 13.5. The Morgan fingerprint density at radius 2 is 1.82 bits per heavy atom. The van der Waals surface area contributed by atoms with Crippen LogP contribution in [0.25, 0.3) is 11.1 Å². The number of nitrogens with one attached hydrogen (secondary N) is 1. The number of aromatic nitrogens is 2. The van der Waals surface area contributed by atoms with Crippen molar-refractivity contribution in [3.63, 3.8) is 0 Å². The van der Waals surface area contributed by atoms with Crippen molar-refractivity contribution in [2.75, 3.05) is 5.75 Å². The highest BCUT2D eigenvalue weighted by atomic mass is 32.2. The van der Waals surface area contributed by atoms with Crippen LogP contribution < -0.4 is 10.3 Å². The predicted octanol–water partition coefficient (Wildman–Crippen LogP) is 4.38. The fourth-order valence-corrected chi connectivity index (χ4v) is 5.72. The first-order valence-corrected chi connectivity index (χ1v) is 13.6. The molecule has 34 heavy (non-hydrogen) atoms. The molecule has 1 aromatic heterocycles. The summed E-state index contributed by atoms with van der Waals surface area (Å²) in [5, 5.41) is 0. The topological polar surface area (TPSA) is 81.1 Å². The lowest BCUT2D eigenvalue weighted by molar-refractivity contribution is 0.412. The van der Waals surface area contributed by atoms with Gasteiger partial charge in [-0.25, -0.2) is 18.1 Å². The van der Waals surface area contributed by atoms with E-state index in [2.05, 4.69) is 53.0 Å². The number of fused-ring (bicyclic) bond motifs is 1. The average molecular weight is 480 g/mol. The minimum Gasteiger partial charge on any atom is -0.296 e. The summed E-state index contributed by atoms with van der Waals surface area (Å²) < 4.78 is 29.5. The number of aryl methyl sites for hydroxylation is 2. The summed E-state index contributed by atoms with van der Waals surface area (Å²) in [6, 6.07) is 16.3. The molecule has 1 N–H and O–H groups in total. The lowest BCUT2D eigenvalue weighted by Crippen LogP contribution is -2.46. The third-order valence-electron chi connectivity index (χ3n) is 6.66. The summed E-state index contributed by atoms with van der Waals surface area (Å²) >= 11 is 0. The standard InChI is InChI=1S/C27H33N3O3S/c1-5-34(32,33)29-24-12-13-25-26(27(31)30(17-28-25)18(2)3)23(24)16-20-9-7-11-22(15-20)21-10-6-8-19(4)14-21/h6-11,14-15,17-18,23-24,29H,5,12-13,16H2,1-4H3/t23-,24-/m0/s1. The maximum Gasteiger partial charge on any atom is 0.257 e. The van der Waals surface area contributed by atoms with Gasteiger partial charge < -0.3 is 0 Å². The molecule has 7 heteroatoms. The van der Waals surface area contributed by atoms with E-state index in [1.807, 2.05) is 26.0 Å². The number of hydrogen-bond acceptors (Lipinski definition) is 4. The number of hydrogen-bond donors (Lipinski definition) is 1. The monoisotopic (exact) mass is 479 g/mol. The van der Waals surface area contributed by atoms with Crippen molar-refractivity contribution < 1.29 is 8.42 Å². The summed E-state index contributed by atoms with van der Waals surface area (Å²) in [6.45, 7) is 7.61. The van der Waals surface area contributed by atoms with Gasteiger partial charge in [0, 0.05) is 23.6 Å². The van der Waals surface area contributed by atoms with Crippen LogP contribution in [0.5, 0.6) is 0 Å². The molecule has 0 amide bonds. The zero-order valence-corrected chi connectivity index (χ0v) is 21.1. The van der Waals surface area contributed by atoms with E-state index in [9.17, 15) is 13.2 Å². The number of sulfonamides is 1. The van der Waals surface area contributed by atoms with Crippen LogP contribution in [-0.2, 0) is 22.9 Å². The van der Waals surface area contributed by atoms with Gasteiger partial charge in [0.1, 0.15) is 0 Å². The van der Waals surface area contributed by atoms with Crippen molar-refractivity contribution in [3.8, 4) is 11.1 Å². The zero-order valence-electron chi connectivity index (χ0n) is 20.3. The highest BCUT2D eigenvalue weighted by Gasteiger charge is 2.35. The Morgan fingerprint density at radius 3 is 2.50 bits per heavy atom. The molecule has 0 aliphatic heterocycles. The smallest absolute Gasteiger partial charge is 0.257 e. The molecular weight excluding hydrogens is 446 g/mol. The van der Waals surface area contributed by atoms with Gasteiger partial charge in [0.25, 0.3) is 5.56 Å². The maximum absolute atomic E-state index is 13.5. The van der Waals surface area contributed by atoms with Crippen LogP contribution >= 0.6 is 0 Å². The first-order chi connectivity index (χ1) is 16.2. The van der Waals surface area contributed by atoms with Crippen molar-refractivity contribution in [2.24, 2.45) is 0 Å². The Kier molecular flexibility index (Phi) is 7.05. The molecule has 4 rings (SSSR count). The van der Waals surface area contributed by atoms with Gasteiger partial charge in [0.15, 0.2) is 0 Å². The van der Waals surface area contributed by atoms with Crippen LogP contribution in [0.15, 0.2) is 59.7 Å². The van der Waals surface area contributed by atoms with Crippen LogP contribution in [0.1, 0.15) is 61.5 Å². The summed E-state index contributed by atoms with van der Waals surface area (Å²) in [6.07, 6.45) is 3.38. The minimum atomic E-state index is -3.42. The van der Waals surface area contributed by atoms with Crippen LogP contribution in [0.3, 0.4) is 0 Å². The second-order valence-electron chi connectivity index (χ2n) is 9.46. The highest BCUT2D eigenvalue weighted by Crippen LogP contribution is 2.33. The van der Waals surface area contributed by atoms with Crippen molar-refractivity contribution in [2.45, 2.75) is 65.0 Å². The van der Waals surface area contributed by atoms with Crippen molar-refractivity contribution in [1.82, 2.24) is 14.3 Å². The minimum absolute atomic E-state index is 0.00911. The second-order valence-corrected chi connectivity index (χ2v) is 11.5. The van der Waals surface area contributed by atoms with E-state index in [0.29, 0.717) is 24.8 Å². The average Bonchev–Trinajstić information content (AvgIpc) is 2.80. The van der Waals surface area contributed by atoms with Gasteiger partial charge in [-0.05, 0) is 63.6 Å². The fraction of sp³-hybridized carbons (Fsp3) is 0.407. The molecule has 0 unspecified atom stereocenters. The molecule has 2 atom stereocenters. The molecule has 1 aliphatic carbocycles. The molecule has 0 bridgehead atoms. The normalized spacial score (nSPS) is 18.1. The molecule has 0 saturated carbocycles. The molecule has 0 radical (unpaired) electrons. The largest absolute Gasteiger partial charge is 0.296 e. The molecule has 0 saturated heterocycles. The second kappa shape index (κ2) is 9.84. The van der Waals surface area contributed by atoms with E-state index in [4.69, 9.17) is 0 Å². The third-order valence-corrected chi connectivity index (χ3v) is 8.09. The number of nitrogens with zero attached hydrogens (tertiary/aromatic N) is 2. The lowest BCUT2D eigenvalue weighted by Gasteiger charge is -2.33. The number of rotatable bonds is 7. The van der Waals surface area contributed by atoms with Crippen LogP contribution in [0, 0.1) is 6.92 Å². The predicted molar refractivity (Wildman–Crippen MR) is 137 cm³/mol. The fourth-order valence-electron chi connectivity index (χ4n) is 4.81. The molecule has 6 nitrogen and oxygen atoms in total. The van der Waals surface area contributed by atoms with Gasteiger partial charge in [-0.1, -0.05) is 54.1 Å². The van der Waals surface area contributed by atoms with Gasteiger partial charge in [-0.3, -0.25) is 9.36 Å². The van der Waals surface area contributed by atoms with Gasteiger partial charge in [0.05, 0.1) is 17.8 Å². The Balaban J connectivity index is 1.78. The van der Waals surface area contributed by atoms with Crippen molar-refractivity contribution in [1.29, 1.82) is 0 Å². The Labute approximate surface area is 202 Å². The van der Waals surface area contributed by atoms with E-state index in [-0.39, 0.29) is 29.3 Å². The first kappa shape index (κ1) is 24.4. The van der Waals surface area contributed by atoms with Crippen LogP contribution in [-0.4, -0.2) is 29.8 Å².